The Kier molecular flexibility index (Phi) is 6.59. The maximum atomic E-state index is 14.3. The molecule has 3 aliphatic rings. The van der Waals surface area contributed by atoms with Gasteiger partial charge in [0.15, 0.2) is 5.78 Å². The van der Waals surface area contributed by atoms with Crippen molar-refractivity contribution < 1.29 is 31.9 Å². The van der Waals surface area contributed by atoms with Gasteiger partial charge in [-0.1, -0.05) is 36.8 Å². The summed E-state index contributed by atoms with van der Waals surface area (Å²) >= 11 is 0. The molecule has 0 bridgehead atoms. The molecular weight excluding hydrogens is 450 g/mol. The molecule has 4 nitrogen and oxygen atoms in total. The molecule has 2 aliphatic carbocycles. The first-order chi connectivity index (χ1) is 16.2. The van der Waals surface area contributed by atoms with Gasteiger partial charge in [0.1, 0.15) is 17.3 Å². The summed E-state index contributed by atoms with van der Waals surface area (Å²) in [6.07, 6.45) is 8.25. The smallest absolute Gasteiger partial charge is 0.418 e. The number of nitrogens with zero attached hydrogens (tertiary/aromatic N) is 1. The van der Waals surface area contributed by atoms with E-state index in [9.17, 15) is 27.5 Å². The third-order valence-corrected chi connectivity index (χ3v) is 6.06. The topological polar surface area (TPSA) is 62.8 Å². The minimum absolute atomic E-state index is 0.106. The second-order valence-corrected chi connectivity index (χ2v) is 8.28. The van der Waals surface area contributed by atoms with Crippen molar-refractivity contribution in [3.8, 4) is 0 Å². The van der Waals surface area contributed by atoms with E-state index in [0.717, 1.165) is 11.6 Å². The zero-order valence-electron chi connectivity index (χ0n) is 18.4. The second-order valence-electron chi connectivity index (χ2n) is 8.28. The van der Waals surface area contributed by atoms with Gasteiger partial charge in [0, 0.05) is 17.9 Å². The molecule has 2 heterocycles. The lowest BCUT2D eigenvalue weighted by atomic mass is 9.85. The summed E-state index contributed by atoms with van der Waals surface area (Å²) in [6.45, 7) is 1.90. The van der Waals surface area contributed by atoms with Crippen LogP contribution in [0.3, 0.4) is 0 Å². The molecule has 2 atom stereocenters. The summed E-state index contributed by atoms with van der Waals surface area (Å²) in [7, 11) is 0. The number of aliphatic hydroxyl groups excluding tert-OH is 1. The van der Waals surface area contributed by atoms with Crippen molar-refractivity contribution in [2.75, 3.05) is 0 Å². The molecule has 1 N–H and O–H groups in total. The number of alkyl halides is 3. The van der Waals surface area contributed by atoms with Crippen molar-refractivity contribution in [3.63, 3.8) is 0 Å². The molecular formula is C26H23F4NO3. The number of halogens is 4. The second kappa shape index (κ2) is 9.44. The lowest BCUT2D eigenvalue weighted by Gasteiger charge is -2.21. The van der Waals surface area contributed by atoms with Crippen molar-refractivity contribution in [2.45, 2.75) is 38.8 Å². The van der Waals surface area contributed by atoms with Crippen LogP contribution in [0.25, 0.3) is 5.57 Å². The molecule has 0 spiro atoms. The van der Waals surface area contributed by atoms with Gasteiger partial charge in [0.05, 0.1) is 29.7 Å². The minimum Gasteiger partial charge on any atom is -0.509 e. The van der Waals surface area contributed by atoms with Crippen LogP contribution in [0, 0.1) is 11.8 Å². The normalized spacial score (nSPS) is 22.8. The monoisotopic (exact) mass is 473 g/mol. The summed E-state index contributed by atoms with van der Waals surface area (Å²) in [4.78, 5) is 16.9. The molecule has 34 heavy (non-hydrogen) atoms. The van der Waals surface area contributed by atoms with Crippen molar-refractivity contribution in [3.05, 3.63) is 89.0 Å². The van der Waals surface area contributed by atoms with E-state index in [1.54, 1.807) is 6.08 Å². The number of allylic oxidation sites excluding steroid dienone is 11. The fourth-order valence-electron chi connectivity index (χ4n) is 4.40. The van der Waals surface area contributed by atoms with Crippen molar-refractivity contribution in [2.24, 2.45) is 16.8 Å². The molecule has 0 saturated heterocycles. The summed E-state index contributed by atoms with van der Waals surface area (Å²) in [6, 6.07) is 1.51. The standard InChI is InChI=1S/C26H23F4NO3/c1-2-5-15(18-6-3-4-7-21(18)27)8-9-22(32)24-25(33)19-12-17(16-10-11-34-14-16)13-20(23(19)31-24)26(28,29)30/h3-5,7,10-14,18-19,33H,2,6,8-9H2,1H3/b15-5+. The van der Waals surface area contributed by atoms with Gasteiger partial charge in [-0.15, -0.1) is 0 Å². The molecule has 0 fully saturated rings. The molecule has 8 heteroatoms. The van der Waals surface area contributed by atoms with E-state index >= 15 is 0 Å². The number of Topliss-reactive ketones (excluding diaryl/α,β-unsaturated/α-hetero) is 1. The predicted molar refractivity (Wildman–Crippen MR) is 120 cm³/mol. The molecule has 4 rings (SSSR count). The predicted octanol–water partition coefficient (Wildman–Crippen LogP) is 7.12. The molecule has 1 aliphatic heterocycles. The fourth-order valence-corrected chi connectivity index (χ4v) is 4.40. The highest BCUT2D eigenvalue weighted by Crippen LogP contribution is 2.42. The zero-order chi connectivity index (χ0) is 24.5. The maximum Gasteiger partial charge on any atom is 0.418 e. The SMILES string of the molecule is CC/C=C(\CCC(=O)C1=C(O)C2C=C(c3ccoc3)C=C(C(F)(F)F)C2=N1)C1CC=CC=C1F. The Morgan fingerprint density at radius 2 is 2.12 bits per heavy atom. The first-order valence-electron chi connectivity index (χ1n) is 11.0. The molecule has 0 aromatic carbocycles. The number of rotatable bonds is 7. The third kappa shape index (κ3) is 4.62. The van der Waals surface area contributed by atoms with Gasteiger partial charge in [-0.25, -0.2) is 9.38 Å². The Morgan fingerprint density at radius 3 is 2.76 bits per heavy atom. The summed E-state index contributed by atoms with van der Waals surface area (Å²) < 4.78 is 60.6. The summed E-state index contributed by atoms with van der Waals surface area (Å²) in [5.74, 6) is -3.03. The van der Waals surface area contributed by atoms with Crippen LogP contribution in [-0.4, -0.2) is 22.8 Å². The van der Waals surface area contributed by atoms with Crippen LogP contribution in [0.5, 0.6) is 0 Å². The van der Waals surface area contributed by atoms with Crippen LogP contribution in [0.15, 0.2) is 92.9 Å². The molecule has 0 radical (unpaired) electrons. The number of hydrogen-bond acceptors (Lipinski definition) is 4. The number of aliphatic imine (C=N–C) groups is 1. The zero-order valence-corrected chi connectivity index (χ0v) is 18.4. The average molecular weight is 473 g/mol. The van der Waals surface area contributed by atoms with E-state index < -0.39 is 40.8 Å². The van der Waals surface area contributed by atoms with Gasteiger partial charge in [0.2, 0.25) is 0 Å². The third-order valence-electron chi connectivity index (χ3n) is 6.06. The molecule has 178 valence electrons. The first-order valence-corrected chi connectivity index (χ1v) is 11.0. The van der Waals surface area contributed by atoms with Crippen LogP contribution in [0.4, 0.5) is 17.6 Å². The molecule has 1 aromatic heterocycles. The first kappa shape index (κ1) is 23.7. The van der Waals surface area contributed by atoms with Crippen LogP contribution < -0.4 is 0 Å². The van der Waals surface area contributed by atoms with E-state index in [-0.39, 0.29) is 29.9 Å². The van der Waals surface area contributed by atoms with E-state index in [1.165, 1.54) is 30.7 Å². The number of aliphatic hydroxyl groups is 1. The Bertz CT molecular complexity index is 1190. The van der Waals surface area contributed by atoms with E-state index in [4.69, 9.17) is 4.42 Å². The van der Waals surface area contributed by atoms with Crippen LogP contribution >= 0.6 is 0 Å². The molecule has 2 unspecified atom stereocenters. The maximum absolute atomic E-state index is 14.3. The highest BCUT2D eigenvalue weighted by atomic mass is 19.4. The Morgan fingerprint density at radius 1 is 1.32 bits per heavy atom. The number of hydrogen-bond donors (Lipinski definition) is 1. The van der Waals surface area contributed by atoms with Crippen LogP contribution in [0.1, 0.15) is 38.2 Å². The lowest BCUT2D eigenvalue weighted by Crippen LogP contribution is -2.27. The largest absolute Gasteiger partial charge is 0.509 e. The summed E-state index contributed by atoms with van der Waals surface area (Å²) in [5, 5.41) is 10.7. The van der Waals surface area contributed by atoms with Crippen molar-refractivity contribution >= 4 is 17.1 Å². The highest BCUT2D eigenvalue weighted by Gasteiger charge is 2.45. The van der Waals surface area contributed by atoms with Gasteiger partial charge < -0.3 is 9.52 Å². The number of fused-ring (bicyclic) bond motifs is 1. The number of carbonyl (C=O) groups excluding carboxylic acids is 1. The van der Waals surface area contributed by atoms with Crippen molar-refractivity contribution in [1.29, 1.82) is 0 Å². The Balaban J connectivity index is 1.59. The van der Waals surface area contributed by atoms with Gasteiger partial charge >= 0.3 is 6.18 Å². The number of carbonyl (C=O) groups is 1. The van der Waals surface area contributed by atoms with Gasteiger partial charge in [0.25, 0.3) is 0 Å². The molecule has 0 saturated carbocycles. The summed E-state index contributed by atoms with van der Waals surface area (Å²) in [5.41, 5.74) is -0.426. The van der Waals surface area contributed by atoms with Crippen LogP contribution in [0.2, 0.25) is 0 Å². The van der Waals surface area contributed by atoms with E-state index in [1.807, 2.05) is 19.1 Å². The lowest BCUT2D eigenvalue weighted by molar-refractivity contribution is -0.115. The molecule has 1 aromatic rings. The fraction of sp³-hybridized carbons (Fsp3) is 0.308. The van der Waals surface area contributed by atoms with Gasteiger partial charge in [-0.05, 0) is 43.1 Å². The quantitative estimate of drug-likeness (QED) is 0.339. The van der Waals surface area contributed by atoms with E-state index in [2.05, 4.69) is 4.99 Å². The highest BCUT2D eigenvalue weighted by molar-refractivity contribution is 6.15. The Labute approximate surface area is 194 Å². The average Bonchev–Trinajstić information content (AvgIpc) is 3.44. The van der Waals surface area contributed by atoms with Gasteiger partial charge in [-0.2, -0.15) is 13.2 Å². The van der Waals surface area contributed by atoms with Crippen LogP contribution in [-0.2, 0) is 4.79 Å². The van der Waals surface area contributed by atoms with E-state index in [0.29, 0.717) is 18.4 Å². The minimum atomic E-state index is -4.73. The number of ketones is 1. The molecule has 0 amide bonds. The number of furan rings is 1. The van der Waals surface area contributed by atoms with Gasteiger partial charge in [-0.3, -0.25) is 4.79 Å². The van der Waals surface area contributed by atoms with Crippen molar-refractivity contribution in [1.82, 2.24) is 0 Å². The Hall–Kier alpha value is -3.42.